The molecule has 0 aliphatic heterocycles. The van der Waals surface area contributed by atoms with Crippen LogP contribution >= 0.6 is 0 Å². The van der Waals surface area contributed by atoms with Crippen molar-refractivity contribution in [1.82, 2.24) is 4.90 Å². The monoisotopic (exact) mass is 265 g/mol. The first-order valence-electron chi connectivity index (χ1n) is 8.32. The minimum atomic E-state index is -0.0493. The quantitative estimate of drug-likeness (QED) is 0.825. The van der Waals surface area contributed by atoms with E-state index in [1.54, 1.807) is 0 Å². The second-order valence-electron chi connectivity index (χ2n) is 8.41. The molecule has 2 heteroatoms. The van der Waals surface area contributed by atoms with E-state index in [9.17, 15) is 5.11 Å². The smallest absolute Gasteiger partial charge is 0.0555 e. The van der Waals surface area contributed by atoms with Crippen molar-refractivity contribution in [2.45, 2.75) is 89.8 Å². The van der Waals surface area contributed by atoms with Crippen LogP contribution in [0.4, 0.5) is 0 Å². The lowest BCUT2D eigenvalue weighted by atomic mass is 9.64. The van der Waals surface area contributed by atoms with Gasteiger partial charge in [0.15, 0.2) is 0 Å². The van der Waals surface area contributed by atoms with Crippen LogP contribution in [-0.2, 0) is 0 Å². The van der Waals surface area contributed by atoms with E-state index < -0.39 is 0 Å². The molecule has 3 aliphatic rings. The maximum atomic E-state index is 10.1. The number of hydrogen-bond acceptors (Lipinski definition) is 2. The van der Waals surface area contributed by atoms with Crippen LogP contribution in [0.25, 0.3) is 0 Å². The molecule has 0 saturated heterocycles. The van der Waals surface area contributed by atoms with E-state index in [4.69, 9.17) is 0 Å². The highest BCUT2D eigenvalue weighted by atomic mass is 16.3. The van der Waals surface area contributed by atoms with E-state index in [0.717, 1.165) is 18.9 Å². The highest BCUT2D eigenvalue weighted by Gasteiger charge is 2.50. The number of hydrogen-bond donors (Lipinski definition) is 1. The van der Waals surface area contributed by atoms with Gasteiger partial charge in [-0.25, -0.2) is 0 Å². The van der Waals surface area contributed by atoms with Gasteiger partial charge in [-0.3, -0.25) is 4.90 Å². The average Bonchev–Trinajstić information content (AvgIpc) is 2.78. The topological polar surface area (TPSA) is 23.5 Å². The van der Waals surface area contributed by atoms with E-state index in [2.05, 4.69) is 25.8 Å². The Balaban J connectivity index is 1.72. The third-order valence-corrected chi connectivity index (χ3v) is 6.42. The Bertz CT molecular complexity index is 324. The molecule has 110 valence electrons. The lowest BCUT2D eigenvalue weighted by Crippen LogP contribution is -2.57. The van der Waals surface area contributed by atoms with Crippen LogP contribution in [0, 0.1) is 10.8 Å². The Morgan fingerprint density at radius 1 is 1.05 bits per heavy atom. The van der Waals surface area contributed by atoms with Gasteiger partial charge in [0, 0.05) is 12.1 Å². The SMILES string of the molecule is CN(C1CC(C)(C)C1)C1CC(O)CCC12CCCC2. The molecule has 0 aromatic heterocycles. The van der Waals surface area contributed by atoms with Crippen LogP contribution in [-0.4, -0.2) is 35.2 Å². The van der Waals surface area contributed by atoms with Crippen molar-refractivity contribution >= 4 is 0 Å². The Hall–Kier alpha value is -0.0800. The van der Waals surface area contributed by atoms with Gasteiger partial charge in [0.25, 0.3) is 0 Å². The Labute approximate surface area is 118 Å². The van der Waals surface area contributed by atoms with Crippen molar-refractivity contribution in [1.29, 1.82) is 0 Å². The van der Waals surface area contributed by atoms with E-state index in [1.807, 2.05) is 0 Å². The van der Waals surface area contributed by atoms with Crippen molar-refractivity contribution in [2.24, 2.45) is 10.8 Å². The lowest BCUT2D eigenvalue weighted by molar-refractivity contribution is -0.0686. The Kier molecular flexibility index (Phi) is 3.46. The first kappa shape index (κ1) is 13.9. The molecular weight excluding hydrogens is 234 g/mol. The van der Waals surface area contributed by atoms with Crippen LogP contribution in [0.5, 0.6) is 0 Å². The Morgan fingerprint density at radius 2 is 1.68 bits per heavy atom. The molecule has 0 aromatic rings. The second-order valence-corrected chi connectivity index (χ2v) is 8.41. The summed E-state index contributed by atoms with van der Waals surface area (Å²) in [5.41, 5.74) is 1.10. The summed E-state index contributed by atoms with van der Waals surface area (Å²) in [4.78, 5) is 2.67. The zero-order chi connectivity index (χ0) is 13.7. The number of nitrogens with zero attached hydrogens (tertiary/aromatic N) is 1. The maximum Gasteiger partial charge on any atom is 0.0555 e. The fourth-order valence-corrected chi connectivity index (χ4v) is 5.27. The van der Waals surface area contributed by atoms with Crippen molar-refractivity contribution < 1.29 is 5.11 Å². The van der Waals surface area contributed by atoms with Crippen molar-refractivity contribution in [3.8, 4) is 0 Å². The molecule has 19 heavy (non-hydrogen) atoms. The molecule has 0 radical (unpaired) electrons. The van der Waals surface area contributed by atoms with Crippen molar-refractivity contribution in [3.05, 3.63) is 0 Å². The molecule has 0 aromatic carbocycles. The standard InChI is InChI=1S/C17H31NO/c1-16(2)11-13(12-16)18(3)15-10-14(19)6-9-17(15)7-4-5-8-17/h13-15,19H,4-12H2,1-3H3. The van der Waals surface area contributed by atoms with Gasteiger partial charge in [0.05, 0.1) is 6.10 Å². The minimum Gasteiger partial charge on any atom is -0.393 e. The van der Waals surface area contributed by atoms with E-state index in [1.165, 1.54) is 44.9 Å². The van der Waals surface area contributed by atoms with Gasteiger partial charge in [-0.15, -0.1) is 0 Å². The summed E-state index contributed by atoms with van der Waals surface area (Å²) in [6, 6.07) is 1.41. The zero-order valence-electron chi connectivity index (χ0n) is 13.0. The fourth-order valence-electron chi connectivity index (χ4n) is 5.27. The summed E-state index contributed by atoms with van der Waals surface area (Å²) < 4.78 is 0. The zero-order valence-corrected chi connectivity index (χ0v) is 13.0. The van der Waals surface area contributed by atoms with Crippen LogP contribution in [0.1, 0.15) is 71.6 Å². The molecule has 1 spiro atoms. The van der Waals surface area contributed by atoms with Crippen molar-refractivity contribution in [3.63, 3.8) is 0 Å². The largest absolute Gasteiger partial charge is 0.393 e. The molecule has 2 nitrogen and oxygen atoms in total. The van der Waals surface area contributed by atoms with Gasteiger partial charge in [0.2, 0.25) is 0 Å². The van der Waals surface area contributed by atoms with Gasteiger partial charge >= 0.3 is 0 Å². The third-order valence-electron chi connectivity index (χ3n) is 6.42. The average molecular weight is 265 g/mol. The summed E-state index contributed by atoms with van der Waals surface area (Å²) in [5, 5.41) is 10.1. The summed E-state index contributed by atoms with van der Waals surface area (Å²) >= 11 is 0. The third kappa shape index (κ3) is 2.47. The molecule has 3 rings (SSSR count). The molecule has 3 fully saturated rings. The maximum absolute atomic E-state index is 10.1. The number of rotatable bonds is 2. The molecular formula is C17H31NO. The molecule has 2 atom stereocenters. The predicted octanol–water partition coefficient (Wildman–Crippen LogP) is 3.58. The van der Waals surface area contributed by atoms with Gasteiger partial charge in [0.1, 0.15) is 0 Å². The molecule has 3 saturated carbocycles. The van der Waals surface area contributed by atoms with Gasteiger partial charge in [-0.2, -0.15) is 0 Å². The number of aliphatic hydroxyl groups excluding tert-OH is 1. The summed E-state index contributed by atoms with van der Waals surface area (Å²) in [7, 11) is 2.34. The van der Waals surface area contributed by atoms with Crippen LogP contribution in [0.3, 0.4) is 0 Å². The molecule has 3 aliphatic carbocycles. The van der Waals surface area contributed by atoms with Gasteiger partial charge < -0.3 is 5.11 Å². The molecule has 0 heterocycles. The first-order chi connectivity index (χ1) is 8.92. The highest BCUT2D eigenvalue weighted by molar-refractivity contribution is 5.03. The molecule has 2 unspecified atom stereocenters. The van der Waals surface area contributed by atoms with Gasteiger partial charge in [-0.05, 0) is 62.8 Å². The lowest BCUT2D eigenvalue weighted by Gasteiger charge is -2.55. The highest BCUT2D eigenvalue weighted by Crippen LogP contribution is 2.53. The molecule has 1 N–H and O–H groups in total. The molecule has 0 amide bonds. The van der Waals surface area contributed by atoms with Crippen LogP contribution < -0.4 is 0 Å². The van der Waals surface area contributed by atoms with Gasteiger partial charge in [-0.1, -0.05) is 26.7 Å². The van der Waals surface area contributed by atoms with E-state index in [-0.39, 0.29) is 6.10 Å². The first-order valence-corrected chi connectivity index (χ1v) is 8.32. The number of aliphatic hydroxyl groups is 1. The van der Waals surface area contributed by atoms with E-state index >= 15 is 0 Å². The fraction of sp³-hybridized carbons (Fsp3) is 1.00. The predicted molar refractivity (Wildman–Crippen MR) is 79.1 cm³/mol. The second kappa shape index (κ2) is 4.73. The van der Waals surface area contributed by atoms with Crippen molar-refractivity contribution in [2.75, 3.05) is 7.05 Å². The van der Waals surface area contributed by atoms with E-state index in [0.29, 0.717) is 16.9 Å². The normalized spacial score (nSPS) is 37.7. The summed E-state index contributed by atoms with van der Waals surface area (Å²) in [6.45, 7) is 4.77. The van der Waals surface area contributed by atoms with Crippen LogP contribution in [0.15, 0.2) is 0 Å². The minimum absolute atomic E-state index is 0.0493. The molecule has 0 bridgehead atoms. The summed E-state index contributed by atoms with van der Waals surface area (Å²) in [5.74, 6) is 0. The Morgan fingerprint density at radius 3 is 2.26 bits per heavy atom. The van der Waals surface area contributed by atoms with Crippen LogP contribution in [0.2, 0.25) is 0 Å². The summed E-state index contributed by atoms with van der Waals surface area (Å²) in [6.07, 6.45) is 11.6.